The molecule has 20 heavy (non-hydrogen) atoms. The molecule has 0 N–H and O–H groups in total. The summed E-state index contributed by atoms with van der Waals surface area (Å²) in [6.45, 7) is 17.2. The van der Waals surface area contributed by atoms with E-state index in [9.17, 15) is 0 Å². The lowest BCUT2D eigenvalue weighted by molar-refractivity contribution is 0.00578. The van der Waals surface area contributed by atoms with Crippen LogP contribution in [0.25, 0.3) is 0 Å². The standard InChI is InChI=1S/C17H27BO2/c1-11(2)14-10-15(13(4)9-12(14)3)18-19-16(5,6)17(7,8)20-18/h9-11H,1-8H3. The van der Waals surface area contributed by atoms with Crippen molar-refractivity contribution in [1.29, 1.82) is 0 Å². The van der Waals surface area contributed by atoms with Gasteiger partial charge in [-0.3, -0.25) is 0 Å². The number of aryl methyl sites for hydroxylation is 2. The zero-order valence-corrected chi connectivity index (χ0v) is 14.1. The minimum atomic E-state index is -0.285. The van der Waals surface area contributed by atoms with Crippen LogP contribution >= 0.6 is 0 Å². The van der Waals surface area contributed by atoms with Gasteiger partial charge in [0.15, 0.2) is 0 Å². The maximum atomic E-state index is 6.18. The van der Waals surface area contributed by atoms with E-state index in [-0.39, 0.29) is 18.3 Å². The third-order valence-electron chi connectivity index (χ3n) is 4.78. The van der Waals surface area contributed by atoms with Crippen LogP contribution in [-0.2, 0) is 9.31 Å². The fraction of sp³-hybridized carbons (Fsp3) is 0.647. The van der Waals surface area contributed by atoms with Gasteiger partial charge in [-0.05, 0) is 64.1 Å². The van der Waals surface area contributed by atoms with Crippen LogP contribution in [0.5, 0.6) is 0 Å². The predicted molar refractivity (Wildman–Crippen MR) is 85.7 cm³/mol. The first-order valence-electron chi connectivity index (χ1n) is 7.52. The Bertz CT molecular complexity index is 502. The smallest absolute Gasteiger partial charge is 0.399 e. The Morgan fingerprint density at radius 1 is 0.900 bits per heavy atom. The first kappa shape index (κ1) is 15.6. The van der Waals surface area contributed by atoms with Crippen molar-refractivity contribution in [3.8, 4) is 0 Å². The average Bonchev–Trinajstić information content (AvgIpc) is 2.47. The molecular weight excluding hydrogens is 247 g/mol. The first-order valence-corrected chi connectivity index (χ1v) is 7.52. The van der Waals surface area contributed by atoms with E-state index in [4.69, 9.17) is 9.31 Å². The topological polar surface area (TPSA) is 18.5 Å². The number of rotatable bonds is 2. The van der Waals surface area contributed by atoms with Crippen LogP contribution in [-0.4, -0.2) is 18.3 Å². The van der Waals surface area contributed by atoms with Crippen molar-refractivity contribution in [2.45, 2.75) is 72.5 Å². The average molecular weight is 274 g/mol. The minimum absolute atomic E-state index is 0.266. The van der Waals surface area contributed by atoms with Gasteiger partial charge in [0, 0.05) is 0 Å². The molecule has 0 unspecified atom stereocenters. The largest absolute Gasteiger partial charge is 0.495 e. The highest BCUT2D eigenvalue weighted by Gasteiger charge is 2.52. The Morgan fingerprint density at radius 3 is 1.85 bits per heavy atom. The van der Waals surface area contributed by atoms with E-state index in [2.05, 4.69) is 67.5 Å². The van der Waals surface area contributed by atoms with Crippen LogP contribution in [0.1, 0.15) is 64.2 Å². The van der Waals surface area contributed by atoms with Gasteiger partial charge >= 0.3 is 7.12 Å². The van der Waals surface area contributed by atoms with E-state index in [1.54, 1.807) is 0 Å². The lowest BCUT2D eigenvalue weighted by Gasteiger charge is -2.32. The summed E-state index contributed by atoms with van der Waals surface area (Å²) in [5, 5.41) is 0. The van der Waals surface area contributed by atoms with Gasteiger partial charge in [-0.2, -0.15) is 0 Å². The molecule has 0 saturated carbocycles. The normalized spacial score (nSPS) is 20.8. The predicted octanol–water partition coefficient (Wildman–Crippen LogP) is 3.73. The molecule has 1 aliphatic heterocycles. The number of hydrogen-bond donors (Lipinski definition) is 0. The van der Waals surface area contributed by atoms with Gasteiger partial charge in [-0.25, -0.2) is 0 Å². The molecular formula is C17H27BO2. The van der Waals surface area contributed by atoms with Crippen LogP contribution in [0, 0.1) is 13.8 Å². The van der Waals surface area contributed by atoms with Crippen molar-refractivity contribution < 1.29 is 9.31 Å². The monoisotopic (exact) mass is 274 g/mol. The van der Waals surface area contributed by atoms with Crippen LogP contribution in [0.15, 0.2) is 12.1 Å². The molecule has 0 aromatic heterocycles. The van der Waals surface area contributed by atoms with E-state index >= 15 is 0 Å². The van der Waals surface area contributed by atoms with E-state index in [1.165, 1.54) is 16.7 Å². The van der Waals surface area contributed by atoms with Crippen LogP contribution in [0.4, 0.5) is 0 Å². The van der Waals surface area contributed by atoms with Gasteiger partial charge in [0.1, 0.15) is 0 Å². The molecule has 0 radical (unpaired) electrons. The third-order valence-corrected chi connectivity index (χ3v) is 4.78. The zero-order valence-electron chi connectivity index (χ0n) is 14.1. The second-order valence-electron chi connectivity index (χ2n) is 7.31. The highest BCUT2D eigenvalue weighted by Crippen LogP contribution is 2.37. The second-order valence-corrected chi connectivity index (χ2v) is 7.31. The second kappa shape index (κ2) is 4.89. The zero-order chi connectivity index (χ0) is 15.3. The molecule has 0 atom stereocenters. The lowest BCUT2D eigenvalue weighted by atomic mass is 9.74. The summed E-state index contributed by atoms with van der Waals surface area (Å²) in [5.74, 6) is 0.511. The Kier molecular flexibility index (Phi) is 3.81. The molecule has 0 bridgehead atoms. The molecule has 0 aliphatic carbocycles. The van der Waals surface area contributed by atoms with E-state index in [1.807, 2.05) is 0 Å². The maximum absolute atomic E-state index is 6.18. The van der Waals surface area contributed by atoms with Gasteiger partial charge in [-0.1, -0.05) is 31.5 Å². The quantitative estimate of drug-likeness (QED) is 0.765. The molecule has 1 fully saturated rings. The van der Waals surface area contributed by atoms with Crippen molar-refractivity contribution >= 4 is 12.6 Å². The SMILES string of the molecule is Cc1cc(C)c(C(C)C)cc1B1OC(C)(C)C(C)(C)O1. The van der Waals surface area contributed by atoms with Crippen molar-refractivity contribution in [3.63, 3.8) is 0 Å². The molecule has 1 heterocycles. The summed E-state index contributed by atoms with van der Waals surface area (Å²) >= 11 is 0. The molecule has 1 aliphatic rings. The molecule has 0 amide bonds. The fourth-order valence-corrected chi connectivity index (χ4v) is 2.73. The summed E-state index contributed by atoms with van der Waals surface area (Å²) in [4.78, 5) is 0. The molecule has 1 aromatic carbocycles. The number of hydrogen-bond acceptors (Lipinski definition) is 2. The Labute approximate surface area is 124 Å². The minimum Gasteiger partial charge on any atom is -0.399 e. The van der Waals surface area contributed by atoms with Gasteiger partial charge in [0.2, 0.25) is 0 Å². The highest BCUT2D eigenvalue weighted by atomic mass is 16.7. The Balaban J connectivity index is 2.42. The van der Waals surface area contributed by atoms with Crippen LogP contribution < -0.4 is 5.46 Å². The highest BCUT2D eigenvalue weighted by molar-refractivity contribution is 6.62. The van der Waals surface area contributed by atoms with Gasteiger partial charge in [-0.15, -0.1) is 0 Å². The fourth-order valence-electron chi connectivity index (χ4n) is 2.73. The summed E-state index contributed by atoms with van der Waals surface area (Å²) in [6.07, 6.45) is 0. The van der Waals surface area contributed by atoms with Gasteiger partial charge in [0.05, 0.1) is 11.2 Å². The van der Waals surface area contributed by atoms with Crippen LogP contribution in [0.2, 0.25) is 0 Å². The molecule has 0 spiro atoms. The lowest BCUT2D eigenvalue weighted by Crippen LogP contribution is -2.41. The van der Waals surface area contributed by atoms with E-state index in [0.717, 1.165) is 5.46 Å². The summed E-state index contributed by atoms with van der Waals surface area (Å²) in [6, 6.07) is 4.51. The van der Waals surface area contributed by atoms with E-state index in [0.29, 0.717) is 5.92 Å². The Morgan fingerprint density at radius 2 is 1.40 bits per heavy atom. The van der Waals surface area contributed by atoms with E-state index < -0.39 is 0 Å². The molecule has 2 nitrogen and oxygen atoms in total. The van der Waals surface area contributed by atoms with Crippen molar-refractivity contribution in [2.24, 2.45) is 0 Å². The molecule has 2 rings (SSSR count). The van der Waals surface area contributed by atoms with Gasteiger partial charge in [0.25, 0.3) is 0 Å². The Hall–Kier alpha value is -0.795. The summed E-state index contributed by atoms with van der Waals surface area (Å²) in [5.41, 5.74) is 4.56. The summed E-state index contributed by atoms with van der Waals surface area (Å²) in [7, 11) is -0.266. The molecule has 1 saturated heterocycles. The molecule has 1 aromatic rings. The number of benzene rings is 1. The first-order chi connectivity index (χ1) is 9.05. The van der Waals surface area contributed by atoms with Crippen LogP contribution in [0.3, 0.4) is 0 Å². The molecule has 3 heteroatoms. The van der Waals surface area contributed by atoms with Gasteiger partial charge < -0.3 is 9.31 Å². The van der Waals surface area contributed by atoms with Crippen molar-refractivity contribution in [2.75, 3.05) is 0 Å². The summed E-state index contributed by atoms with van der Waals surface area (Å²) < 4.78 is 12.4. The molecule has 110 valence electrons. The maximum Gasteiger partial charge on any atom is 0.495 e. The van der Waals surface area contributed by atoms with Crippen molar-refractivity contribution in [3.05, 3.63) is 28.8 Å². The third kappa shape index (κ3) is 2.54. The van der Waals surface area contributed by atoms with Crippen molar-refractivity contribution in [1.82, 2.24) is 0 Å².